The first-order chi connectivity index (χ1) is 15.8. The SMILES string of the molecule is Cc1cccc(C)c1OCc1ccc(C(=O)Nc2nn(Cc3ccc(Cl)c(Cl)c3)cc2Br)o1. The van der Waals surface area contributed by atoms with Crippen LogP contribution in [0.4, 0.5) is 5.82 Å². The Morgan fingerprint density at radius 1 is 1.12 bits per heavy atom. The quantitative estimate of drug-likeness (QED) is 0.269. The molecule has 33 heavy (non-hydrogen) atoms. The Hall–Kier alpha value is -2.74. The number of carbonyl (C=O) groups is 1. The van der Waals surface area contributed by atoms with Crippen LogP contribution in [0.2, 0.25) is 10.0 Å². The number of para-hydroxylation sites is 1. The van der Waals surface area contributed by atoms with Gasteiger partial charge in [-0.3, -0.25) is 9.48 Å². The molecule has 6 nitrogen and oxygen atoms in total. The van der Waals surface area contributed by atoms with Crippen molar-refractivity contribution >= 4 is 50.9 Å². The summed E-state index contributed by atoms with van der Waals surface area (Å²) in [7, 11) is 0. The van der Waals surface area contributed by atoms with Crippen molar-refractivity contribution < 1.29 is 13.9 Å². The van der Waals surface area contributed by atoms with Crippen LogP contribution in [0.25, 0.3) is 0 Å². The molecule has 9 heteroatoms. The number of rotatable bonds is 7. The van der Waals surface area contributed by atoms with Crippen LogP contribution in [0.5, 0.6) is 5.75 Å². The molecule has 1 amide bonds. The Labute approximate surface area is 209 Å². The van der Waals surface area contributed by atoms with E-state index < -0.39 is 5.91 Å². The maximum atomic E-state index is 12.7. The van der Waals surface area contributed by atoms with Gasteiger partial charge >= 0.3 is 0 Å². The summed E-state index contributed by atoms with van der Waals surface area (Å²) in [6.45, 7) is 4.66. The van der Waals surface area contributed by atoms with E-state index in [1.165, 1.54) is 0 Å². The van der Waals surface area contributed by atoms with Gasteiger partial charge in [0.15, 0.2) is 11.6 Å². The van der Waals surface area contributed by atoms with Crippen molar-refractivity contribution in [3.63, 3.8) is 0 Å². The molecular weight excluding hydrogens is 529 g/mol. The van der Waals surface area contributed by atoms with Gasteiger partial charge in [0.05, 0.1) is 21.1 Å². The van der Waals surface area contributed by atoms with Gasteiger partial charge < -0.3 is 14.5 Å². The highest BCUT2D eigenvalue weighted by molar-refractivity contribution is 9.10. The molecule has 170 valence electrons. The molecule has 0 spiro atoms. The topological polar surface area (TPSA) is 69.3 Å². The second-order valence-corrected chi connectivity index (χ2v) is 9.17. The van der Waals surface area contributed by atoms with Gasteiger partial charge in [0.25, 0.3) is 5.91 Å². The first-order valence-corrected chi connectivity index (χ1v) is 11.6. The van der Waals surface area contributed by atoms with Crippen LogP contribution in [0, 0.1) is 13.8 Å². The fourth-order valence-corrected chi connectivity index (χ4v) is 4.04. The minimum atomic E-state index is -0.409. The number of benzene rings is 2. The summed E-state index contributed by atoms with van der Waals surface area (Å²) < 4.78 is 13.9. The van der Waals surface area contributed by atoms with Gasteiger partial charge in [-0.1, -0.05) is 47.5 Å². The fraction of sp³-hybridized carbons (Fsp3) is 0.167. The van der Waals surface area contributed by atoms with Gasteiger partial charge in [-0.05, 0) is 70.7 Å². The van der Waals surface area contributed by atoms with E-state index in [-0.39, 0.29) is 12.4 Å². The Kier molecular flexibility index (Phi) is 7.12. The van der Waals surface area contributed by atoms with Gasteiger partial charge in [-0.2, -0.15) is 5.10 Å². The van der Waals surface area contributed by atoms with Crippen molar-refractivity contribution in [2.75, 3.05) is 5.32 Å². The summed E-state index contributed by atoms with van der Waals surface area (Å²) in [5.41, 5.74) is 3.01. The molecule has 0 unspecified atom stereocenters. The summed E-state index contributed by atoms with van der Waals surface area (Å²) in [5, 5.41) is 8.15. The minimum absolute atomic E-state index is 0.168. The average Bonchev–Trinajstić information content (AvgIpc) is 3.37. The van der Waals surface area contributed by atoms with Crippen LogP contribution in [0.1, 0.15) is 33.0 Å². The lowest BCUT2D eigenvalue weighted by Gasteiger charge is -2.10. The number of hydrogen-bond donors (Lipinski definition) is 1. The number of carbonyl (C=O) groups excluding carboxylic acids is 1. The van der Waals surface area contributed by atoms with Crippen LogP contribution in [-0.2, 0) is 13.2 Å². The fourth-order valence-electron chi connectivity index (χ4n) is 3.30. The van der Waals surface area contributed by atoms with Crippen LogP contribution in [0.3, 0.4) is 0 Å². The zero-order chi connectivity index (χ0) is 23.5. The number of amides is 1. The van der Waals surface area contributed by atoms with E-state index in [0.717, 1.165) is 22.4 Å². The molecule has 0 aliphatic heterocycles. The minimum Gasteiger partial charge on any atom is -0.485 e. The lowest BCUT2D eigenvalue weighted by Crippen LogP contribution is -2.12. The molecule has 0 saturated heterocycles. The van der Waals surface area contributed by atoms with Crippen molar-refractivity contribution in [1.29, 1.82) is 0 Å². The Morgan fingerprint density at radius 3 is 2.61 bits per heavy atom. The summed E-state index contributed by atoms with van der Waals surface area (Å²) in [6.07, 6.45) is 1.77. The second kappa shape index (κ2) is 10.0. The number of aryl methyl sites for hydroxylation is 2. The molecule has 0 atom stereocenters. The largest absolute Gasteiger partial charge is 0.485 e. The smallest absolute Gasteiger partial charge is 0.292 e. The van der Waals surface area contributed by atoms with Gasteiger partial charge in [0.2, 0.25) is 0 Å². The van der Waals surface area contributed by atoms with E-state index in [1.807, 2.05) is 38.1 Å². The number of furan rings is 1. The van der Waals surface area contributed by atoms with Crippen molar-refractivity contribution in [3.8, 4) is 5.75 Å². The van der Waals surface area contributed by atoms with Crippen LogP contribution >= 0.6 is 39.1 Å². The van der Waals surface area contributed by atoms with E-state index in [1.54, 1.807) is 35.1 Å². The summed E-state index contributed by atoms with van der Waals surface area (Å²) in [6, 6.07) is 14.7. The van der Waals surface area contributed by atoms with E-state index in [0.29, 0.717) is 32.6 Å². The van der Waals surface area contributed by atoms with Crippen LogP contribution in [-0.4, -0.2) is 15.7 Å². The summed E-state index contributed by atoms with van der Waals surface area (Å²) in [5.74, 6) is 1.50. The number of hydrogen-bond acceptors (Lipinski definition) is 4. The van der Waals surface area contributed by atoms with E-state index in [2.05, 4.69) is 26.3 Å². The molecule has 0 fully saturated rings. The third kappa shape index (κ3) is 5.61. The van der Waals surface area contributed by atoms with Gasteiger partial charge in [-0.25, -0.2) is 0 Å². The predicted molar refractivity (Wildman–Crippen MR) is 132 cm³/mol. The van der Waals surface area contributed by atoms with Crippen molar-refractivity contribution in [1.82, 2.24) is 9.78 Å². The van der Waals surface area contributed by atoms with Crippen molar-refractivity contribution in [3.05, 3.63) is 97.5 Å². The van der Waals surface area contributed by atoms with E-state index >= 15 is 0 Å². The summed E-state index contributed by atoms with van der Waals surface area (Å²) in [4.78, 5) is 12.7. The zero-order valence-electron chi connectivity index (χ0n) is 17.9. The van der Waals surface area contributed by atoms with Gasteiger partial charge in [-0.15, -0.1) is 0 Å². The molecule has 0 radical (unpaired) electrons. The molecule has 2 heterocycles. The van der Waals surface area contributed by atoms with E-state index in [9.17, 15) is 4.79 Å². The zero-order valence-corrected chi connectivity index (χ0v) is 21.0. The van der Waals surface area contributed by atoms with Crippen molar-refractivity contribution in [2.24, 2.45) is 0 Å². The Morgan fingerprint density at radius 2 is 1.88 bits per heavy atom. The number of halogens is 3. The highest BCUT2D eigenvalue weighted by atomic mass is 79.9. The standard InChI is InChI=1S/C24H20BrCl2N3O3/c1-14-4-3-5-15(2)22(14)32-13-17-7-9-21(33-17)24(31)28-23-18(25)12-30(29-23)11-16-6-8-19(26)20(27)10-16/h3-10,12H,11,13H2,1-2H3,(H,28,29,31). The van der Waals surface area contributed by atoms with Gasteiger partial charge in [0.1, 0.15) is 18.1 Å². The van der Waals surface area contributed by atoms with Gasteiger partial charge in [0, 0.05) is 6.20 Å². The number of anilines is 1. The van der Waals surface area contributed by atoms with Crippen molar-refractivity contribution in [2.45, 2.75) is 27.0 Å². The molecule has 1 N–H and O–H groups in total. The Bertz CT molecular complexity index is 1300. The maximum Gasteiger partial charge on any atom is 0.292 e. The highest BCUT2D eigenvalue weighted by Crippen LogP contribution is 2.26. The molecule has 0 bridgehead atoms. The molecular formula is C24H20BrCl2N3O3. The molecule has 4 rings (SSSR count). The number of nitrogens with zero attached hydrogens (tertiary/aromatic N) is 2. The van der Waals surface area contributed by atoms with Crippen LogP contribution in [0.15, 0.2) is 63.6 Å². The lowest BCUT2D eigenvalue weighted by molar-refractivity contribution is 0.0992. The Balaban J connectivity index is 1.39. The molecule has 0 saturated carbocycles. The number of nitrogens with one attached hydrogen (secondary N) is 1. The lowest BCUT2D eigenvalue weighted by atomic mass is 10.1. The van der Waals surface area contributed by atoms with Crippen LogP contribution < -0.4 is 10.1 Å². The third-order valence-electron chi connectivity index (χ3n) is 4.93. The first kappa shape index (κ1) is 23.4. The molecule has 2 aromatic carbocycles. The monoisotopic (exact) mass is 547 g/mol. The predicted octanol–water partition coefficient (Wildman–Crippen LogP) is 7.04. The van der Waals surface area contributed by atoms with E-state index in [4.69, 9.17) is 32.4 Å². The average molecular weight is 549 g/mol. The number of aromatic nitrogens is 2. The first-order valence-electron chi connectivity index (χ1n) is 10.1. The normalized spacial score (nSPS) is 10.9. The second-order valence-electron chi connectivity index (χ2n) is 7.50. The molecule has 0 aliphatic carbocycles. The molecule has 0 aliphatic rings. The molecule has 2 aromatic heterocycles. The maximum absolute atomic E-state index is 12.7. The molecule has 4 aromatic rings. The summed E-state index contributed by atoms with van der Waals surface area (Å²) >= 11 is 15.5. The third-order valence-corrected chi connectivity index (χ3v) is 6.25. The number of ether oxygens (including phenoxy) is 1. The highest BCUT2D eigenvalue weighted by Gasteiger charge is 2.16.